The van der Waals surface area contributed by atoms with Crippen LogP contribution in [0.25, 0.3) is 0 Å². The molecule has 116 valence electrons. The van der Waals surface area contributed by atoms with E-state index in [1.807, 2.05) is 11.0 Å². The number of nitrogens with zero attached hydrogens (tertiary/aromatic N) is 2. The highest BCUT2D eigenvalue weighted by molar-refractivity contribution is 5.78. The van der Waals surface area contributed by atoms with E-state index in [9.17, 15) is 4.79 Å². The zero-order valence-corrected chi connectivity index (χ0v) is 13.2. The maximum absolute atomic E-state index is 12.0. The van der Waals surface area contributed by atoms with Gasteiger partial charge in [-0.1, -0.05) is 30.3 Å². The van der Waals surface area contributed by atoms with Gasteiger partial charge in [0.15, 0.2) is 0 Å². The first-order valence-electron chi connectivity index (χ1n) is 7.89. The maximum atomic E-state index is 12.0. The zero-order valence-electron chi connectivity index (χ0n) is 13.2. The van der Waals surface area contributed by atoms with Gasteiger partial charge in [0.25, 0.3) is 0 Å². The molecule has 4 heteroatoms. The lowest BCUT2D eigenvalue weighted by molar-refractivity contribution is -0.132. The maximum Gasteiger partial charge on any atom is 0.236 e. The second kappa shape index (κ2) is 7.57. The molecule has 0 radical (unpaired) electrons. The van der Waals surface area contributed by atoms with Crippen molar-refractivity contribution in [3.05, 3.63) is 35.9 Å². The number of benzene rings is 1. The minimum atomic E-state index is 0.0524. The Morgan fingerprint density at radius 3 is 2.71 bits per heavy atom. The van der Waals surface area contributed by atoms with Gasteiger partial charge in [-0.15, -0.1) is 0 Å². The summed E-state index contributed by atoms with van der Waals surface area (Å²) in [6.07, 6.45) is 2.37. The van der Waals surface area contributed by atoms with E-state index in [1.165, 1.54) is 12.0 Å². The minimum Gasteiger partial charge on any atom is -0.338 e. The highest BCUT2D eigenvalue weighted by Gasteiger charge is 2.28. The van der Waals surface area contributed by atoms with Crippen molar-refractivity contribution < 1.29 is 4.79 Å². The van der Waals surface area contributed by atoms with Crippen LogP contribution in [0.4, 0.5) is 0 Å². The lowest BCUT2D eigenvalue weighted by Gasteiger charge is -2.33. The van der Waals surface area contributed by atoms with Gasteiger partial charge in [-0.05, 0) is 38.8 Å². The number of nitrogens with two attached hydrogens (primary N) is 1. The second-order valence-electron chi connectivity index (χ2n) is 6.10. The molecular weight excluding hydrogens is 262 g/mol. The summed E-state index contributed by atoms with van der Waals surface area (Å²) in [5.41, 5.74) is 6.88. The molecule has 1 amide bonds. The van der Waals surface area contributed by atoms with E-state index in [4.69, 9.17) is 5.73 Å². The van der Waals surface area contributed by atoms with E-state index in [0.717, 1.165) is 26.1 Å². The predicted molar refractivity (Wildman–Crippen MR) is 85.8 cm³/mol. The highest BCUT2D eigenvalue weighted by Crippen LogP contribution is 2.21. The topological polar surface area (TPSA) is 49.6 Å². The van der Waals surface area contributed by atoms with Gasteiger partial charge in [0.05, 0.1) is 6.54 Å². The van der Waals surface area contributed by atoms with Crippen molar-refractivity contribution in [2.24, 2.45) is 5.73 Å². The average Bonchev–Trinajstić information content (AvgIpc) is 2.92. The predicted octanol–water partition coefficient (Wildman–Crippen LogP) is 1.85. The van der Waals surface area contributed by atoms with Gasteiger partial charge in [0, 0.05) is 25.2 Å². The minimum absolute atomic E-state index is 0.0524. The first kappa shape index (κ1) is 16.0. The normalized spacial score (nSPS) is 19.1. The fourth-order valence-corrected chi connectivity index (χ4v) is 3.07. The van der Waals surface area contributed by atoms with Crippen molar-refractivity contribution >= 4 is 5.91 Å². The first-order chi connectivity index (χ1) is 10.1. The van der Waals surface area contributed by atoms with Crippen LogP contribution in [0.2, 0.25) is 0 Å². The quantitative estimate of drug-likeness (QED) is 0.869. The first-order valence-corrected chi connectivity index (χ1v) is 7.89. The van der Waals surface area contributed by atoms with Gasteiger partial charge in [-0.2, -0.15) is 0 Å². The van der Waals surface area contributed by atoms with E-state index in [1.54, 1.807) is 0 Å². The number of likely N-dealkylation sites (tertiary alicyclic amines) is 1. The number of carbonyl (C=O) groups is 1. The molecular formula is C17H27N3O. The van der Waals surface area contributed by atoms with Gasteiger partial charge >= 0.3 is 0 Å². The molecule has 1 atom stereocenters. The van der Waals surface area contributed by atoms with Crippen molar-refractivity contribution in [1.29, 1.82) is 0 Å². The molecule has 0 aliphatic carbocycles. The second-order valence-corrected chi connectivity index (χ2v) is 6.10. The Morgan fingerprint density at radius 1 is 1.38 bits per heavy atom. The van der Waals surface area contributed by atoms with E-state index >= 15 is 0 Å². The summed E-state index contributed by atoms with van der Waals surface area (Å²) in [6, 6.07) is 11.2. The Morgan fingerprint density at radius 2 is 2.10 bits per heavy atom. The molecule has 1 aliphatic heterocycles. The number of rotatable bonds is 6. The summed E-state index contributed by atoms with van der Waals surface area (Å²) < 4.78 is 0. The van der Waals surface area contributed by atoms with Crippen LogP contribution in [0, 0.1) is 0 Å². The van der Waals surface area contributed by atoms with Crippen molar-refractivity contribution in [2.45, 2.75) is 45.3 Å². The van der Waals surface area contributed by atoms with Crippen LogP contribution in [0.15, 0.2) is 30.3 Å². The summed E-state index contributed by atoms with van der Waals surface area (Å²) in [6.45, 7) is 7.09. The Kier molecular flexibility index (Phi) is 5.76. The molecule has 21 heavy (non-hydrogen) atoms. The molecule has 2 rings (SSSR count). The van der Waals surface area contributed by atoms with Crippen LogP contribution in [-0.2, 0) is 11.3 Å². The van der Waals surface area contributed by atoms with E-state index in [-0.39, 0.29) is 18.5 Å². The molecule has 0 saturated carbocycles. The standard InChI is InChI=1S/C17H27N3O/c1-14(2)20(17(21)11-18)13-16-9-6-10-19(16)12-15-7-4-3-5-8-15/h3-5,7-8,14,16H,6,9-13,18H2,1-2H3/t16-/m0/s1. The van der Waals surface area contributed by atoms with Crippen LogP contribution < -0.4 is 5.73 Å². The molecule has 0 aromatic heterocycles. The summed E-state index contributed by atoms with van der Waals surface area (Å²) in [5.74, 6) is 0.0524. The molecule has 1 aliphatic rings. The highest BCUT2D eigenvalue weighted by atomic mass is 16.2. The lowest BCUT2D eigenvalue weighted by atomic mass is 10.1. The van der Waals surface area contributed by atoms with Crippen LogP contribution in [0.3, 0.4) is 0 Å². The largest absolute Gasteiger partial charge is 0.338 e. The van der Waals surface area contributed by atoms with Gasteiger partial charge in [0.2, 0.25) is 5.91 Å². The Balaban J connectivity index is 1.99. The molecule has 1 heterocycles. The average molecular weight is 289 g/mol. The third kappa shape index (κ3) is 4.29. The third-order valence-electron chi connectivity index (χ3n) is 4.25. The molecule has 0 spiro atoms. The van der Waals surface area contributed by atoms with Crippen LogP contribution in [-0.4, -0.2) is 47.4 Å². The molecule has 1 aromatic rings. The molecule has 1 aromatic carbocycles. The van der Waals surface area contributed by atoms with Crippen LogP contribution in [0.1, 0.15) is 32.3 Å². The van der Waals surface area contributed by atoms with Crippen molar-refractivity contribution in [3.63, 3.8) is 0 Å². The molecule has 2 N–H and O–H groups in total. The Labute approximate surface area is 127 Å². The third-order valence-corrected chi connectivity index (χ3v) is 4.25. The van der Waals surface area contributed by atoms with Gasteiger partial charge in [-0.3, -0.25) is 9.69 Å². The van der Waals surface area contributed by atoms with Crippen molar-refractivity contribution in [2.75, 3.05) is 19.6 Å². The summed E-state index contributed by atoms with van der Waals surface area (Å²) in [7, 11) is 0. The van der Waals surface area contributed by atoms with Crippen LogP contribution >= 0.6 is 0 Å². The SMILES string of the molecule is CC(C)N(C[C@@H]1CCCN1Cc1ccccc1)C(=O)CN. The Bertz CT molecular complexity index is 447. The number of hydrogen-bond acceptors (Lipinski definition) is 3. The summed E-state index contributed by atoms with van der Waals surface area (Å²) >= 11 is 0. The smallest absolute Gasteiger partial charge is 0.236 e. The summed E-state index contributed by atoms with van der Waals surface area (Å²) in [4.78, 5) is 16.4. The zero-order chi connectivity index (χ0) is 15.2. The van der Waals surface area contributed by atoms with E-state index in [0.29, 0.717) is 6.04 Å². The molecule has 0 bridgehead atoms. The fraction of sp³-hybridized carbons (Fsp3) is 0.588. The van der Waals surface area contributed by atoms with Crippen molar-refractivity contribution in [3.8, 4) is 0 Å². The monoisotopic (exact) mass is 289 g/mol. The van der Waals surface area contributed by atoms with Gasteiger partial charge in [-0.25, -0.2) is 0 Å². The molecule has 4 nitrogen and oxygen atoms in total. The summed E-state index contributed by atoms with van der Waals surface area (Å²) in [5, 5.41) is 0. The van der Waals surface area contributed by atoms with E-state index in [2.05, 4.69) is 43.0 Å². The number of amides is 1. The fourth-order valence-electron chi connectivity index (χ4n) is 3.07. The van der Waals surface area contributed by atoms with E-state index < -0.39 is 0 Å². The molecule has 1 fully saturated rings. The van der Waals surface area contributed by atoms with Crippen LogP contribution in [0.5, 0.6) is 0 Å². The molecule has 1 saturated heterocycles. The number of carbonyl (C=O) groups excluding carboxylic acids is 1. The lowest BCUT2D eigenvalue weighted by Crippen LogP contribution is -2.47. The number of hydrogen-bond donors (Lipinski definition) is 1. The van der Waals surface area contributed by atoms with Gasteiger partial charge < -0.3 is 10.6 Å². The van der Waals surface area contributed by atoms with Gasteiger partial charge in [0.1, 0.15) is 0 Å². The Hall–Kier alpha value is -1.39. The molecule has 0 unspecified atom stereocenters. The van der Waals surface area contributed by atoms with Crippen molar-refractivity contribution in [1.82, 2.24) is 9.80 Å².